The zero-order valence-corrected chi connectivity index (χ0v) is 17.5. The highest BCUT2D eigenvalue weighted by Crippen LogP contribution is 2.22. The monoisotopic (exact) mass is 416 g/mol. The lowest BCUT2D eigenvalue weighted by atomic mass is 10.1. The van der Waals surface area contributed by atoms with Crippen LogP contribution in [-0.4, -0.2) is 38.3 Å². The molecule has 3 rings (SSSR count). The van der Waals surface area contributed by atoms with E-state index in [-0.39, 0.29) is 23.5 Å². The number of amides is 1. The molecule has 1 atom stereocenters. The Morgan fingerprint density at radius 3 is 2.24 bits per heavy atom. The van der Waals surface area contributed by atoms with Gasteiger partial charge in [-0.25, -0.2) is 8.42 Å². The Labute approximate surface area is 172 Å². The van der Waals surface area contributed by atoms with Gasteiger partial charge in [0.1, 0.15) is 5.75 Å². The molecule has 1 amide bonds. The summed E-state index contributed by atoms with van der Waals surface area (Å²) < 4.78 is 32.7. The molecule has 1 saturated heterocycles. The van der Waals surface area contributed by atoms with E-state index in [0.29, 0.717) is 18.8 Å². The van der Waals surface area contributed by atoms with Crippen LogP contribution in [0, 0.1) is 0 Å². The Hall–Kier alpha value is -2.38. The van der Waals surface area contributed by atoms with Crippen molar-refractivity contribution in [2.45, 2.75) is 43.5 Å². The number of rotatable bonds is 7. The molecule has 7 heteroatoms. The summed E-state index contributed by atoms with van der Waals surface area (Å²) in [7, 11) is -3.48. The Kier molecular flexibility index (Phi) is 7.28. The van der Waals surface area contributed by atoms with Crippen LogP contribution in [0.4, 0.5) is 0 Å². The van der Waals surface area contributed by atoms with Gasteiger partial charge in [-0.15, -0.1) is 0 Å². The maximum Gasteiger partial charge on any atom is 0.258 e. The van der Waals surface area contributed by atoms with E-state index >= 15 is 0 Å². The normalized spacial score (nSPS) is 16.6. The van der Waals surface area contributed by atoms with Crippen LogP contribution in [0.25, 0.3) is 0 Å². The average Bonchev–Trinajstić information content (AvgIpc) is 3.03. The van der Waals surface area contributed by atoms with Crippen LogP contribution in [0.3, 0.4) is 0 Å². The quantitative estimate of drug-likeness (QED) is 0.749. The van der Waals surface area contributed by atoms with Crippen molar-refractivity contribution in [3.63, 3.8) is 0 Å². The van der Waals surface area contributed by atoms with Crippen LogP contribution in [0.5, 0.6) is 5.75 Å². The minimum atomic E-state index is -3.48. The van der Waals surface area contributed by atoms with Crippen LogP contribution in [0.2, 0.25) is 0 Å². The third-order valence-corrected chi connectivity index (χ3v) is 6.99. The second kappa shape index (κ2) is 9.89. The number of benzene rings is 2. The summed E-state index contributed by atoms with van der Waals surface area (Å²) in [5, 5.41) is 2.88. The molecule has 0 aromatic heterocycles. The maximum absolute atomic E-state index is 12.8. The van der Waals surface area contributed by atoms with E-state index in [4.69, 9.17) is 4.74 Å². The largest absolute Gasteiger partial charge is 0.484 e. The molecular weight excluding hydrogens is 388 g/mol. The third-order valence-electron chi connectivity index (χ3n) is 5.07. The minimum Gasteiger partial charge on any atom is -0.484 e. The molecule has 0 bridgehead atoms. The summed E-state index contributed by atoms with van der Waals surface area (Å²) in [6, 6.07) is 15.8. The van der Waals surface area contributed by atoms with Crippen molar-refractivity contribution in [2.24, 2.45) is 0 Å². The lowest BCUT2D eigenvalue weighted by Crippen LogP contribution is -2.32. The number of ether oxygens (including phenoxy) is 1. The zero-order chi connectivity index (χ0) is 20.7. The average molecular weight is 417 g/mol. The first-order valence-electron chi connectivity index (χ1n) is 10.0. The molecule has 1 heterocycles. The molecule has 2 aromatic rings. The topological polar surface area (TPSA) is 75.7 Å². The van der Waals surface area contributed by atoms with Crippen molar-refractivity contribution < 1.29 is 17.9 Å². The van der Waals surface area contributed by atoms with Crippen molar-refractivity contribution in [3.05, 3.63) is 60.2 Å². The molecule has 29 heavy (non-hydrogen) atoms. The fourth-order valence-corrected chi connectivity index (χ4v) is 4.91. The molecule has 1 fully saturated rings. The van der Waals surface area contributed by atoms with E-state index in [9.17, 15) is 13.2 Å². The van der Waals surface area contributed by atoms with Gasteiger partial charge in [-0.2, -0.15) is 4.31 Å². The van der Waals surface area contributed by atoms with Crippen LogP contribution in [-0.2, 0) is 14.8 Å². The van der Waals surface area contributed by atoms with Gasteiger partial charge in [0.05, 0.1) is 10.9 Å². The fourth-order valence-electron chi connectivity index (χ4n) is 3.40. The lowest BCUT2D eigenvalue weighted by molar-refractivity contribution is -0.123. The van der Waals surface area contributed by atoms with E-state index in [2.05, 4.69) is 5.32 Å². The number of nitrogens with one attached hydrogen (secondary N) is 1. The van der Waals surface area contributed by atoms with Crippen LogP contribution >= 0.6 is 0 Å². The highest BCUT2D eigenvalue weighted by molar-refractivity contribution is 7.89. The van der Waals surface area contributed by atoms with Crippen LogP contribution in [0.15, 0.2) is 59.5 Å². The summed E-state index contributed by atoms with van der Waals surface area (Å²) in [6.45, 7) is 2.92. The summed E-state index contributed by atoms with van der Waals surface area (Å²) >= 11 is 0. The number of hydrogen-bond acceptors (Lipinski definition) is 4. The first-order valence-corrected chi connectivity index (χ1v) is 11.5. The Bertz CT molecular complexity index is 890. The van der Waals surface area contributed by atoms with Gasteiger partial charge in [0.15, 0.2) is 6.61 Å². The van der Waals surface area contributed by atoms with Gasteiger partial charge in [0.2, 0.25) is 10.0 Å². The predicted octanol–water partition coefficient (Wildman–Crippen LogP) is 3.51. The van der Waals surface area contributed by atoms with Crippen LogP contribution < -0.4 is 10.1 Å². The molecular formula is C22H28N2O4S. The predicted molar refractivity (Wildman–Crippen MR) is 112 cm³/mol. The summed E-state index contributed by atoms with van der Waals surface area (Å²) in [5.74, 6) is 0.227. The molecule has 2 aromatic carbocycles. The molecule has 6 nitrogen and oxygen atoms in total. The molecule has 1 N–H and O–H groups in total. The maximum atomic E-state index is 12.8. The summed E-state index contributed by atoms with van der Waals surface area (Å²) in [5.41, 5.74) is 1.02. The van der Waals surface area contributed by atoms with Gasteiger partial charge >= 0.3 is 0 Å². The highest BCUT2D eigenvalue weighted by Gasteiger charge is 2.25. The van der Waals surface area contributed by atoms with Crippen molar-refractivity contribution >= 4 is 15.9 Å². The van der Waals surface area contributed by atoms with Gasteiger partial charge < -0.3 is 10.1 Å². The molecule has 156 valence electrons. The zero-order valence-electron chi connectivity index (χ0n) is 16.7. The van der Waals surface area contributed by atoms with E-state index < -0.39 is 10.0 Å². The summed E-state index contributed by atoms with van der Waals surface area (Å²) in [4.78, 5) is 12.4. The minimum absolute atomic E-state index is 0.117. The van der Waals surface area contributed by atoms with E-state index in [1.165, 1.54) is 0 Å². The van der Waals surface area contributed by atoms with Crippen LogP contribution in [0.1, 0.15) is 44.2 Å². The molecule has 0 aliphatic carbocycles. The molecule has 1 aliphatic rings. The number of hydrogen-bond donors (Lipinski definition) is 1. The van der Waals surface area contributed by atoms with Gasteiger partial charge in [-0.1, -0.05) is 43.2 Å². The number of carbonyl (C=O) groups is 1. The molecule has 1 aliphatic heterocycles. The molecule has 0 radical (unpaired) electrons. The second-order valence-corrected chi connectivity index (χ2v) is 9.22. The van der Waals surface area contributed by atoms with Crippen molar-refractivity contribution in [3.8, 4) is 5.75 Å². The van der Waals surface area contributed by atoms with E-state index in [1.807, 2.05) is 37.3 Å². The van der Waals surface area contributed by atoms with E-state index in [0.717, 1.165) is 31.2 Å². The molecule has 0 unspecified atom stereocenters. The Morgan fingerprint density at radius 2 is 1.62 bits per heavy atom. The van der Waals surface area contributed by atoms with Gasteiger partial charge in [0.25, 0.3) is 5.91 Å². The van der Waals surface area contributed by atoms with Gasteiger partial charge in [-0.05, 0) is 49.6 Å². The molecule has 0 spiro atoms. The van der Waals surface area contributed by atoms with E-state index in [1.54, 1.807) is 28.6 Å². The third kappa shape index (κ3) is 5.81. The number of nitrogens with zero attached hydrogens (tertiary/aromatic N) is 1. The Morgan fingerprint density at radius 1 is 1.00 bits per heavy atom. The highest BCUT2D eigenvalue weighted by atomic mass is 32.2. The smallest absolute Gasteiger partial charge is 0.258 e. The SMILES string of the molecule is C[C@@H](NC(=O)COc1ccc(S(=O)(=O)N2CCCCCC2)cc1)c1ccccc1. The van der Waals surface area contributed by atoms with Gasteiger partial charge in [0, 0.05) is 13.1 Å². The number of carbonyl (C=O) groups excluding carboxylic acids is 1. The standard InChI is InChI=1S/C22H28N2O4S/c1-18(19-9-5-4-6-10-19)23-22(25)17-28-20-11-13-21(14-12-20)29(26,27)24-15-7-2-3-8-16-24/h4-6,9-14,18H,2-3,7-8,15-17H2,1H3,(H,23,25)/t18-/m1/s1. The van der Waals surface area contributed by atoms with Crippen molar-refractivity contribution in [1.82, 2.24) is 9.62 Å². The first kappa shape index (κ1) is 21.3. The van der Waals surface area contributed by atoms with Crippen molar-refractivity contribution in [1.29, 1.82) is 0 Å². The fraction of sp³-hybridized carbons (Fsp3) is 0.409. The Balaban J connectivity index is 1.54. The molecule has 0 saturated carbocycles. The first-order chi connectivity index (χ1) is 14.0. The second-order valence-electron chi connectivity index (χ2n) is 7.28. The van der Waals surface area contributed by atoms with Crippen molar-refractivity contribution in [2.75, 3.05) is 19.7 Å². The number of sulfonamides is 1. The summed E-state index contributed by atoms with van der Waals surface area (Å²) in [6.07, 6.45) is 3.95. The van der Waals surface area contributed by atoms with Gasteiger partial charge in [-0.3, -0.25) is 4.79 Å². The lowest BCUT2D eigenvalue weighted by Gasteiger charge is -2.20.